The lowest BCUT2D eigenvalue weighted by molar-refractivity contribution is 0.0735. The zero-order chi connectivity index (χ0) is 12.5. The van der Waals surface area contributed by atoms with Crippen molar-refractivity contribution in [3.05, 3.63) is 34.1 Å². The van der Waals surface area contributed by atoms with Crippen molar-refractivity contribution in [2.45, 2.75) is 25.9 Å². The van der Waals surface area contributed by atoms with Gasteiger partial charge >= 0.3 is 0 Å². The third-order valence-electron chi connectivity index (χ3n) is 3.65. The Hall–Kier alpha value is -0.120. The molecule has 4 heteroatoms. The minimum Gasteiger partial charge on any atom is -0.378 e. The van der Waals surface area contributed by atoms with Gasteiger partial charge in [0.25, 0.3) is 0 Å². The Labute approximate surface area is 114 Å². The quantitative estimate of drug-likeness (QED) is 0.759. The van der Waals surface area contributed by atoms with E-state index in [1.54, 1.807) is 0 Å². The minimum absolute atomic E-state index is 0.0259. The maximum atomic E-state index is 13.0. The molecule has 0 aliphatic carbocycles. The standard InChI is InChI=1S/C13H15BrClFO/c1-9-13(8-15,4-5-17-9)7-10-2-3-11(16)6-12(10)14/h2-3,6,9H,4-5,7-8H2,1H3. The molecule has 2 atom stereocenters. The van der Waals surface area contributed by atoms with Gasteiger partial charge in [-0.15, -0.1) is 11.6 Å². The summed E-state index contributed by atoms with van der Waals surface area (Å²) in [6, 6.07) is 4.80. The van der Waals surface area contributed by atoms with Crippen molar-refractivity contribution in [1.29, 1.82) is 0 Å². The summed E-state index contributed by atoms with van der Waals surface area (Å²) in [6.07, 6.45) is 1.93. The zero-order valence-corrected chi connectivity index (χ0v) is 12.0. The number of ether oxygens (including phenoxy) is 1. The van der Waals surface area contributed by atoms with Gasteiger partial charge in [0.2, 0.25) is 0 Å². The second-order valence-corrected chi connectivity index (χ2v) is 5.79. The highest BCUT2D eigenvalue weighted by molar-refractivity contribution is 9.10. The van der Waals surface area contributed by atoms with E-state index >= 15 is 0 Å². The highest BCUT2D eigenvalue weighted by atomic mass is 79.9. The second kappa shape index (κ2) is 5.25. The predicted molar refractivity (Wildman–Crippen MR) is 71.0 cm³/mol. The van der Waals surface area contributed by atoms with Crippen LogP contribution in [0.3, 0.4) is 0 Å². The molecule has 0 spiro atoms. The summed E-state index contributed by atoms with van der Waals surface area (Å²) in [5, 5.41) is 0. The van der Waals surface area contributed by atoms with Crippen molar-refractivity contribution in [2.75, 3.05) is 12.5 Å². The van der Waals surface area contributed by atoms with Crippen LogP contribution in [-0.2, 0) is 11.2 Å². The SMILES string of the molecule is CC1OCCC1(CCl)Cc1ccc(F)cc1Br. The Bertz CT molecular complexity index is 412. The van der Waals surface area contributed by atoms with E-state index in [9.17, 15) is 4.39 Å². The molecule has 94 valence electrons. The first-order chi connectivity index (χ1) is 8.07. The molecule has 1 nitrogen and oxygen atoms in total. The van der Waals surface area contributed by atoms with E-state index in [2.05, 4.69) is 22.9 Å². The topological polar surface area (TPSA) is 9.23 Å². The average molecular weight is 322 g/mol. The first kappa shape index (κ1) is 13.3. The van der Waals surface area contributed by atoms with Gasteiger partial charge in [0.15, 0.2) is 0 Å². The summed E-state index contributed by atoms with van der Waals surface area (Å²) in [4.78, 5) is 0. The van der Waals surface area contributed by atoms with Crippen molar-refractivity contribution in [3.8, 4) is 0 Å². The van der Waals surface area contributed by atoms with Gasteiger partial charge in [-0.25, -0.2) is 4.39 Å². The van der Waals surface area contributed by atoms with Crippen LogP contribution in [0.15, 0.2) is 22.7 Å². The number of benzene rings is 1. The third-order valence-corrected chi connectivity index (χ3v) is 4.92. The Morgan fingerprint density at radius 3 is 2.88 bits per heavy atom. The van der Waals surface area contributed by atoms with Gasteiger partial charge in [-0.05, 0) is 37.5 Å². The van der Waals surface area contributed by atoms with Crippen LogP contribution in [0, 0.1) is 11.2 Å². The van der Waals surface area contributed by atoms with Gasteiger partial charge in [-0.2, -0.15) is 0 Å². The molecule has 0 bridgehead atoms. The van der Waals surface area contributed by atoms with Crippen LogP contribution in [0.4, 0.5) is 4.39 Å². The first-order valence-corrected chi connectivity index (χ1v) is 7.02. The van der Waals surface area contributed by atoms with Crippen LogP contribution >= 0.6 is 27.5 Å². The molecular formula is C13H15BrClFO. The van der Waals surface area contributed by atoms with E-state index in [4.69, 9.17) is 16.3 Å². The lowest BCUT2D eigenvalue weighted by Crippen LogP contribution is -2.33. The average Bonchev–Trinajstić information content (AvgIpc) is 2.65. The summed E-state index contributed by atoms with van der Waals surface area (Å²) in [6.45, 7) is 2.82. The summed E-state index contributed by atoms with van der Waals surface area (Å²) >= 11 is 9.53. The highest BCUT2D eigenvalue weighted by Crippen LogP contribution is 2.40. The molecule has 0 aromatic heterocycles. The zero-order valence-electron chi connectivity index (χ0n) is 9.68. The fourth-order valence-electron chi connectivity index (χ4n) is 2.32. The number of alkyl halides is 1. The molecule has 1 saturated heterocycles. The Morgan fingerprint density at radius 1 is 1.59 bits per heavy atom. The van der Waals surface area contributed by atoms with Crippen molar-refractivity contribution < 1.29 is 9.13 Å². The van der Waals surface area contributed by atoms with Crippen LogP contribution in [0.1, 0.15) is 18.9 Å². The summed E-state index contributed by atoms with van der Waals surface area (Å²) in [7, 11) is 0. The minimum atomic E-state index is -0.226. The van der Waals surface area contributed by atoms with Crippen molar-refractivity contribution >= 4 is 27.5 Å². The van der Waals surface area contributed by atoms with E-state index in [0.717, 1.165) is 29.5 Å². The fourth-order valence-corrected chi connectivity index (χ4v) is 3.25. The predicted octanol–water partition coefficient (Wildman–Crippen LogP) is 4.16. The molecule has 0 N–H and O–H groups in total. The van der Waals surface area contributed by atoms with E-state index in [1.165, 1.54) is 12.1 Å². The molecule has 17 heavy (non-hydrogen) atoms. The maximum Gasteiger partial charge on any atom is 0.124 e. The molecule has 0 radical (unpaired) electrons. The van der Waals surface area contributed by atoms with Gasteiger partial charge in [-0.1, -0.05) is 22.0 Å². The maximum absolute atomic E-state index is 13.0. The van der Waals surface area contributed by atoms with Crippen molar-refractivity contribution in [2.24, 2.45) is 5.41 Å². The van der Waals surface area contributed by atoms with Crippen molar-refractivity contribution in [3.63, 3.8) is 0 Å². The summed E-state index contributed by atoms with van der Waals surface area (Å²) in [5.41, 5.74) is 1.06. The van der Waals surface area contributed by atoms with Gasteiger partial charge < -0.3 is 4.74 Å². The van der Waals surface area contributed by atoms with Crippen molar-refractivity contribution in [1.82, 2.24) is 0 Å². The van der Waals surface area contributed by atoms with E-state index in [-0.39, 0.29) is 17.3 Å². The van der Waals surface area contributed by atoms with Crippen LogP contribution in [-0.4, -0.2) is 18.6 Å². The molecule has 1 aliphatic rings. The largest absolute Gasteiger partial charge is 0.378 e. The lowest BCUT2D eigenvalue weighted by atomic mass is 9.78. The van der Waals surface area contributed by atoms with Crippen LogP contribution in [0.2, 0.25) is 0 Å². The molecule has 1 aliphatic heterocycles. The fraction of sp³-hybridized carbons (Fsp3) is 0.538. The molecule has 1 heterocycles. The van der Waals surface area contributed by atoms with Gasteiger partial charge in [-0.3, -0.25) is 0 Å². The smallest absolute Gasteiger partial charge is 0.124 e. The Balaban J connectivity index is 2.24. The Kier molecular flexibility index (Phi) is 4.11. The van der Waals surface area contributed by atoms with Gasteiger partial charge in [0.1, 0.15) is 5.82 Å². The summed E-state index contributed by atoms with van der Waals surface area (Å²) < 4.78 is 19.5. The van der Waals surface area contributed by atoms with Crippen LogP contribution < -0.4 is 0 Å². The lowest BCUT2D eigenvalue weighted by Gasteiger charge is -2.30. The molecular weight excluding hydrogens is 306 g/mol. The molecule has 2 unspecified atom stereocenters. The summed E-state index contributed by atoms with van der Waals surface area (Å²) in [5.74, 6) is 0.342. The third kappa shape index (κ3) is 2.67. The van der Waals surface area contributed by atoms with E-state index in [0.29, 0.717) is 5.88 Å². The highest BCUT2D eigenvalue weighted by Gasteiger charge is 2.41. The molecule has 1 fully saturated rings. The van der Waals surface area contributed by atoms with Gasteiger partial charge in [0.05, 0.1) is 6.10 Å². The second-order valence-electron chi connectivity index (χ2n) is 4.67. The number of rotatable bonds is 3. The van der Waals surface area contributed by atoms with Gasteiger partial charge in [0, 0.05) is 22.4 Å². The molecule has 2 rings (SSSR count). The number of hydrogen-bond acceptors (Lipinski definition) is 1. The molecule has 0 amide bonds. The monoisotopic (exact) mass is 320 g/mol. The molecule has 1 aromatic rings. The molecule has 1 aromatic carbocycles. The normalized spacial score (nSPS) is 28.6. The number of halogens is 3. The first-order valence-electron chi connectivity index (χ1n) is 5.69. The van der Waals surface area contributed by atoms with E-state index < -0.39 is 0 Å². The Morgan fingerprint density at radius 2 is 2.35 bits per heavy atom. The van der Waals surface area contributed by atoms with Crippen LogP contribution in [0.5, 0.6) is 0 Å². The number of hydrogen-bond donors (Lipinski definition) is 0. The van der Waals surface area contributed by atoms with E-state index in [1.807, 2.05) is 6.07 Å². The molecule has 0 saturated carbocycles. The van der Waals surface area contributed by atoms with Crippen LogP contribution in [0.25, 0.3) is 0 Å².